The van der Waals surface area contributed by atoms with E-state index in [0.717, 1.165) is 11.3 Å². The van der Waals surface area contributed by atoms with Crippen molar-refractivity contribution in [2.75, 3.05) is 18.4 Å². The van der Waals surface area contributed by atoms with Gasteiger partial charge in [0.05, 0.1) is 0 Å². The number of azide groups is 1. The molecule has 0 aromatic heterocycles. The molecule has 0 saturated carbocycles. The van der Waals surface area contributed by atoms with Crippen LogP contribution in [0.25, 0.3) is 10.4 Å². The van der Waals surface area contributed by atoms with E-state index in [1.807, 2.05) is 6.07 Å². The summed E-state index contributed by atoms with van der Waals surface area (Å²) in [6.07, 6.45) is 1.26. The van der Waals surface area contributed by atoms with Crippen LogP contribution < -0.4 is 10.6 Å². The molecular formula is C16H18N6O3. The Morgan fingerprint density at radius 2 is 2.20 bits per heavy atom. The molecule has 2 aliphatic rings. The molecule has 9 nitrogen and oxygen atoms in total. The number of hydrogen-bond acceptors (Lipinski definition) is 5. The molecule has 1 atom stereocenters. The minimum atomic E-state index is -0.615. The van der Waals surface area contributed by atoms with Gasteiger partial charge in [0.2, 0.25) is 11.8 Å². The summed E-state index contributed by atoms with van der Waals surface area (Å²) in [4.78, 5) is 40.3. The molecule has 0 bridgehead atoms. The van der Waals surface area contributed by atoms with Crippen molar-refractivity contribution in [3.05, 3.63) is 39.8 Å². The molecule has 2 N–H and O–H groups in total. The summed E-state index contributed by atoms with van der Waals surface area (Å²) in [6.45, 7) is 1.35. The van der Waals surface area contributed by atoms with Crippen LogP contribution in [0.4, 0.5) is 5.69 Å². The van der Waals surface area contributed by atoms with Crippen LogP contribution in [0.3, 0.4) is 0 Å². The zero-order chi connectivity index (χ0) is 17.8. The summed E-state index contributed by atoms with van der Waals surface area (Å²) in [5, 5.41) is 9.03. The van der Waals surface area contributed by atoms with Gasteiger partial charge < -0.3 is 10.2 Å². The van der Waals surface area contributed by atoms with Crippen molar-refractivity contribution in [3.8, 4) is 0 Å². The van der Waals surface area contributed by atoms with Crippen LogP contribution in [0.2, 0.25) is 0 Å². The van der Waals surface area contributed by atoms with E-state index in [1.165, 1.54) is 4.90 Å². The highest BCUT2D eigenvalue weighted by atomic mass is 16.2. The molecule has 2 aliphatic heterocycles. The number of hydrogen-bond donors (Lipinski definition) is 2. The number of fused-ring (bicyclic) bond motifs is 1. The number of anilines is 1. The number of carbonyl (C=O) groups excluding carboxylic acids is 3. The fourth-order valence-corrected chi connectivity index (χ4v) is 3.17. The molecule has 3 rings (SSSR count). The van der Waals surface area contributed by atoms with Crippen molar-refractivity contribution >= 4 is 23.4 Å². The molecule has 0 radical (unpaired) electrons. The van der Waals surface area contributed by atoms with E-state index in [-0.39, 0.29) is 18.2 Å². The maximum absolute atomic E-state index is 12.7. The Balaban J connectivity index is 1.72. The van der Waals surface area contributed by atoms with E-state index in [4.69, 9.17) is 5.53 Å². The molecule has 2 heterocycles. The smallest absolute Gasteiger partial charge is 0.255 e. The molecule has 0 spiro atoms. The molecule has 9 heteroatoms. The second-order valence-electron chi connectivity index (χ2n) is 5.97. The van der Waals surface area contributed by atoms with Gasteiger partial charge in [-0.15, -0.1) is 0 Å². The van der Waals surface area contributed by atoms with Crippen molar-refractivity contribution < 1.29 is 14.4 Å². The minimum Gasteiger partial charge on any atom is -0.385 e. The quantitative estimate of drug-likeness (QED) is 0.267. The van der Waals surface area contributed by atoms with E-state index in [2.05, 4.69) is 20.7 Å². The van der Waals surface area contributed by atoms with Crippen LogP contribution in [0.5, 0.6) is 0 Å². The Hall–Kier alpha value is -3.06. The van der Waals surface area contributed by atoms with Crippen LogP contribution in [-0.4, -0.2) is 41.8 Å². The predicted octanol–water partition coefficient (Wildman–Crippen LogP) is 1.56. The van der Waals surface area contributed by atoms with Crippen LogP contribution in [-0.2, 0) is 16.1 Å². The van der Waals surface area contributed by atoms with E-state index in [1.54, 1.807) is 12.1 Å². The van der Waals surface area contributed by atoms with E-state index >= 15 is 0 Å². The molecule has 1 fully saturated rings. The van der Waals surface area contributed by atoms with Gasteiger partial charge in [0.15, 0.2) is 0 Å². The maximum Gasteiger partial charge on any atom is 0.255 e. The van der Waals surface area contributed by atoms with Crippen molar-refractivity contribution in [2.24, 2.45) is 5.11 Å². The van der Waals surface area contributed by atoms with Crippen LogP contribution >= 0.6 is 0 Å². The highest BCUT2D eigenvalue weighted by Crippen LogP contribution is 2.32. The molecule has 1 saturated heterocycles. The first-order valence-corrected chi connectivity index (χ1v) is 8.13. The topological polar surface area (TPSA) is 127 Å². The van der Waals surface area contributed by atoms with Gasteiger partial charge in [0.25, 0.3) is 5.91 Å². The summed E-state index contributed by atoms with van der Waals surface area (Å²) in [5.74, 6) is -0.906. The predicted molar refractivity (Wildman–Crippen MR) is 89.6 cm³/mol. The number of nitrogens with one attached hydrogen (secondary N) is 2. The number of piperidine rings is 1. The van der Waals surface area contributed by atoms with E-state index in [0.29, 0.717) is 38.0 Å². The third-order valence-corrected chi connectivity index (χ3v) is 4.40. The van der Waals surface area contributed by atoms with Crippen molar-refractivity contribution in [1.82, 2.24) is 10.2 Å². The Kier molecular flexibility index (Phi) is 4.85. The molecular weight excluding hydrogens is 324 g/mol. The molecule has 1 aromatic carbocycles. The van der Waals surface area contributed by atoms with Gasteiger partial charge in [-0.25, -0.2) is 0 Å². The normalized spacial score (nSPS) is 19.3. The largest absolute Gasteiger partial charge is 0.385 e. The molecule has 25 heavy (non-hydrogen) atoms. The lowest BCUT2D eigenvalue weighted by atomic mass is 10.0. The van der Waals surface area contributed by atoms with Gasteiger partial charge in [-0.1, -0.05) is 11.2 Å². The summed E-state index contributed by atoms with van der Waals surface area (Å²) >= 11 is 0. The average Bonchev–Trinajstić information content (AvgIpc) is 2.92. The van der Waals surface area contributed by atoms with E-state index < -0.39 is 11.9 Å². The van der Waals surface area contributed by atoms with Gasteiger partial charge in [-0.05, 0) is 30.5 Å². The molecule has 0 aliphatic carbocycles. The zero-order valence-electron chi connectivity index (χ0n) is 13.6. The zero-order valence-corrected chi connectivity index (χ0v) is 13.6. The lowest BCUT2D eigenvalue weighted by molar-refractivity contribution is -0.136. The van der Waals surface area contributed by atoms with Crippen molar-refractivity contribution in [2.45, 2.75) is 31.8 Å². The third-order valence-electron chi connectivity index (χ3n) is 4.40. The number of imide groups is 1. The Morgan fingerprint density at radius 1 is 1.36 bits per heavy atom. The highest BCUT2D eigenvalue weighted by molar-refractivity contribution is 6.06. The van der Waals surface area contributed by atoms with Crippen LogP contribution in [0, 0.1) is 0 Å². The maximum atomic E-state index is 12.7. The fraction of sp³-hybridized carbons (Fsp3) is 0.438. The molecule has 1 aromatic rings. The summed E-state index contributed by atoms with van der Waals surface area (Å²) in [5.41, 5.74) is 10.5. The summed E-state index contributed by atoms with van der Waals surface area (Å²) in [7, 11) is 0. The van der Waals surface area contributed by atoms with Crippen molar-refractivity contribution in [1.29, 1.82) is 0 Å². The number of benzene rings is 1. The summed E-state index contributed by atoms with van der Waals surface area (Å²) < 4.78 is 0. The number of nitrogens with zero attached hydrogens (tertiary/aromatic N) is 4. The second kappa shape index (κ2) is 7.23. The van der Waals surface area contributed by atoms with Crippen molar-refractivity contribution in [3.63, 3.8) is 0 Å². The highest BCUT2D eigenvalue weighted by Gasteiger charge is 2.39. The van der Waals surface area contributed by atoms with Gasteiger partial charge in [-0.3, -0.25) is 19.7 Å². The lowest BCUT2D eigenvalue weighted by Gasteiger charge is -2.29. The SMILES string of the molecule is [N-]=[N+]=NCCCNc1cccc2c1CN(C1CCC(=O)NC1=O)C2=O. The number of carbonyl (C=O) groups is 3. The Morgan fingerprint density at radius 3 is 2.96 bits per heavy atom. The standard InChI is InChI=1S/C16H18N6O3/c17-21-19-8-2-7-18-12-4-1-3-10-11(12)9-22(16(10)25)13-5-6-14(23)20-15(13)24/h1,3-4,13,18H,2,5-9H2,(H,20,23,24). The first-order chi connectivity index (χ1) is 12.1. The summed E-state index contributed by atoms with van der Waals surface area (Å²) in [6, 6.07) is 4.80. The molecule has 1 unspecified atom stereocenters. The first-order valence-electron chi connectivity index (χ1n) is 8.13. The second-order valence-corrected chi connectivity index (χ2v) is 5.97. The van der Waals surface area contributed by atoms with Gasteiger partial charge in [0.1, 0.15) is 6.04 Å². The van der Waals surface area contributed by atoms with Gasteiger partial charge in [0, 0.05) is 47.8 Å². The van der Waals surface area contributed by atoms with Crippen LogP contribution in [0.15, 0.2) is 23.3 Å². The fourth-order valence-electron chi connectivity index (χ4n) is 3.17. The lowest BCUT2D eigenvalue weighted by Crippen LogP contribution is -2.52. The molecule has 130 valence electrons. The number of amides is 3. The Labute approximate surface area is 144 Å². The molecule has 3 amide bonds. The Bertz CT molecular complexity index is 771. The van der Waals surface area contributed by atoms with Crippen LogP contribution in [0.1, 0.15) is 35.2 Å². The number of rotatable bonds is 6. The van der Waals surface area contributed by atoms with Gasteiger partial charge in [-0.2, -0.15) is 0 Å². The average molecular weight is 342 g/mol. The third kappa shape index (κ3) is 3.41. The van der Waals surface area contributed by atoms with E-state index in [9.17, 15) is 14.4 Å². The first kappa shape index (κ1) is 16.8. The minimum absolute atomic E-state index is 0.192. The van der Waals surface area contributed by atoms with Gasteiger partial charge >= 0.3 is 0 Å². The monoisotopic (exact) mass is 342 g/mol.